The average molecular weight is 477 g/mol. The summed E-state index contributed by atoms with van der Waals surface area (Å²) in [5.41, 5.74) is 3.89. The number of benzene rings is 1. The molecule has 188 valence electrons. The molecular weight excluding hydrogens is 436 g/mol. The van der Waals surface area contributed by atoms with E-state index < -0.39 is 0 Å². The van der Waals surface area contributed by atoms with Gasteiger partial charge in [-0.1, -0.05) is 73.6 Å². The number of amides is 2. The van der Waals surface area contributed by atoms with Crippen molar-refractivity contribution in [2.75, 3.05) is 6.54 Å². The Labute approximate surface area is 210 Å². The van der Waals surface area contributed by atoms with Gasteiger partial charge in [0.05, 0.1) is 5.56 Å². The summed E-state index contributed by atoms with van der Waals surface area (Å²) < 4.78 is 5.85. The fourth-order valence-electron chi connectivity index (χ4n) is 3.97. The van der Waals surface area contributed by atoms with Gasteiger partial charge in [0.2, 0.25) is 0 Å². The number of nitrogens with one attached hydrogen (secondary N) is 2. The fourth-order valence-corrected chi connectivity index (χ4v) is 3.97. The maximum absolute atomic E-state index is 13.0. The Kier molecular flexibility index (Phi) is 7.21. The second-order valence-electron chi connectivity index (χ2n) is 12.4. The Morgan fingerprint density at radius 3 is 2.17 bits per heavy atom. The number of furan rings is 1. The van der Waals surface area contributed by atoms with Crippen molar-refractivity contribution < 1.29 is 14.0 Å². The summed E-state index contributed by atoms with van der Waals surface area (Å²) in [5, 5.41) is 6.06. The van der Waals surface area contributed by atoms with Gasteiger partial charge in [-0.25, -0.2) is 0 Å². The zero-order valence-electron chi connectivity index (χ0n) is 22.7. The summed E-state index contributed by atoms with van der Waals surface area (Å²) in [6, 6.07) is 9.54. The minimum Gasteiger partial charge on any atom is -0.465 e. The SMILES string of the molecule is Cc1oc(C(C)(C)C)cc1C(=O)NC1=CCC(C)(C)C(c2ccc(C(=O)NCC(C)(C)C)cc2)=C1. The number of carbonyl (C=O) groups is 2. The van der Waals surface area contributed by atoms with Crippen LogP contribution in [0.2, 0.25) is 0 Å². The third-order valence-corrected chi connectivity index (χ3v) is 6.26. The molecule has 0 unspecified atom stereocenters. The highest BCUT2D eigenvalue weighted by molar-refractivity contribution is 5.97. The van der Waals surface area contributed by atoms with E-state index in [1.54, 1.807) is 0 Å². The van der Waals surface area contributed by atoms with Crippen LogP contribution in [0.3, 0.4) is 0 Å². The maximum Gasteiger partial charge on any atom is 0.259 e. The van der Waals surface area contributed by atoms with E-state index in [-0.39, 0.29) is 28.1 Å². The van der Waals surface area contributed by atoms with Gasteiger partial charge >= 0.3 is 0 Å². The zero-order chi connectivity index (χ0) is 26.2. The second-order valence-corrected chi connectivity index (χ2v) is 12.4. The molecule has 1 heterocycles. The first kappa shape index (κ1) is 26.5. The lowest BCUT2D eigenvalue weighted by Crippen LogP contribution is -2.32. The van der Waals surface area contributed by atoms with Crippen molar-refractivity contribution in [3.05, 3.63) is 76.4 Å². The van der Waals surface area contributed by atoms with Crippen molar-refractivity contribution in [1.29, 1.82) is 0 Å². The van der Waals surface area contributed by atoms with E-state index >= 15 is 0 Å². The summed E-state index contributed by atoms with van der Waals surface area (Å²) in [7, 11) is 0. The van der Waals surface area contributed by atoms with E-state index in [0.29, 0.717) is 23.4 Å². The summed E-state index contributed by atoms with van der Waals surface area (Å²) in [5.74, 6) is 1.17. The Morgan fingerprint density at radius 1 is 1.00 bits per heavy atom. The lowest BCUT2D eigenvalue weighted by molar-refractivity contribution is 0.0937. The maximum atomic E-state index is 13.0. The summed E-state index contributed by atoms with van der Waals surface area (Å²) in [4.78, 5) is 25.6. The average Bonchev–Trinajstić information content (AvgIpc) is 3.15. The van der Waals surface area contributed by atoms with Crippen molar-refractivity contribution in [1.82, 2.24) is 10.6 Å². The predicted octanol–water partition coefficient (Wildman–Crippen LogP) is 6.79. The van der Waals surface area contributed by atoms with E-state index in [0.717, 1.165) is 29.0 Å². The first-order valence-corrected chi connectivity index (χ1v) is 12.3. The van der Waals surface area contributed by atoms with Gasteiger partial charge in [0.25, 0.3) is 11.8 Å². The van der Waals surface area contributed by atoms with Crippen LogP contribution in [0.5, 0.6) is 0 Å². The quantitative estimate of drug-likeness (QED) is 0.499. The number of allylic oxidation sites excluding steroid dienone is 3. The molecule has 3 rings (SSSR count). The Hall–Kier alpha value is -3.08. The van der Waals surface area contributed by atoms with Gasteiger partial charge in [-0.15, -0.1) is 0 Å². The lowest BCUT2D eigenvalue weighted by Gasteiger charge is -2.31. The van der Waals surface area contributed by atoms with Crippen LogP contribution in [0.15, 0.2) is 52.6 Å². The number of rotatable bonds is 5. The molecule has 0 spiro atoms. The molecule has 5 nitrogen and oxygen atoms in total. The molecule has 1 aromatic heterocycles. The Morgan fingerprint density at radius 2 is 1.63 bits per heavy atom. The highest BCUT2D eigenvalue weighted by Gasteiger charge is 2.29. The monoisotopic (exact) mass is 476 g/mol. The van der Waals surface area contributed by atoms with Crippen LogP contribution in [0.1, 0.15) is 99.6 Å². The minimum atomic E-state index is -0.172. The van der Waals surface area contributed by atoms with Crippen molar-refractivity contribution in [2.24, 2.45) is 10.8 Å². The van der Waals surface area contributed by atoms with Crippen molar-refractivity contribution in [2.45, 2.75) is 74.1 Å². The molecule has 0 aliphatic heterocycles. The van der Waals surface area contributed by atoms with E-state index in [2.05, 4.69) is 72.1 Å². The first-order chi connectivity index (χ1) is 16.1. The first-order valence-electron chi connectivity index (χ1n) is 12.3. The van der Waals surface area contributed by atoms with E-state index in [4.69, 9.17) is 4.42 Å². The van der Waals surface area contributed by atoms with Gasteiger partial charge in [0, 0.05) is 23.2 Å². The Balaban J connectivity index is 1.79. The van der Waals surface area contributed by atoms with Crippen molar-refractivity contribution in [3.63, 3.8) is 0 Å². The molecule has 2 N–H and O–H groups in total. The molecule has 1 aromatic carbocycles. The highest BCUT2D eigenvalue weighted by atomic mass is 16.3. The second kappa shape index (κ2) is 9.52. The molecule has 0 fully saturated rings. The molecule has 0 radical (unpaired) electrons. The van der Waals surface area contributed by atoms with Crippen molar-refractivity contribution in [3.8, 4) is 0 Å². The molecule has 0 atom stereocenters. The molecule has 1 aliphatic carbocycles. The standard InChI is InChI=1S/C30H40N2O3/c1-19-23(17-25(35-19)29(5,6)7)27(34)32-22-14-15-30(8,9)24(16-22)20-10-12-21(13-11-20)26(33)31-18-28(2,3)4/h10-14,16-17H,15,18H2,1-9H3,(H,31,33)(H,32,34). The Bertz CT molecular complexity index is 1160. The molecule has 0 saturated heterocycles. The third kappa shape index (κ3) is 6.53. The smallest absolute Gasteiger partial charge is 0.259 e. The predicted molar refractivity (Wildman–Crippen MR) is 142 cm³/mol. The molecule has 2 amide bonds. The zero-order valence-corrected chi connectivity index (χ0v) is 22.7. The van der Waals surface area contributed by atoms with E-state index in [1.165, 1.54) is 0 Å². The van der Waals surface area contributed by atoms with Gasteiger partial charge in [-0.3, -0.25) is 9.59 Å². The number of hydrogen-bond acceptors (Lipinski definition) is 3. The topological polar surface area (TPSA) is 71.3 Å². The number of carbonyl (C=O) groups excluding carboxylic acids is 2. The van der Waals surface area contributed by atoms with Crippen LogP contribution in [0.4, 0.5) is 0 Å². The van der Waals surface area contributed by atoms with Gasteiger partial charge < -0.3 is 15.1 Å². The fraction of sp³-hybridized carbons (Fsp3) is 0.467. The lowest BCUT2D eigenvalue weighted by atomic mass is 9.74. The molecule has 2 aromatic rings. The summed E-state index contributed by atoms with van der Waals surface area (Å²) in [6.45, 7) is 19.3. The van der Waals surface area contributed by atoms with Crippen LogP contribution in [0.25, 0.3) is 5.57 Å². The highest BCUT2D eigenvalue weighted by Crippen LogP contribution is 2.41. The molecular formula is C30H40N2O3. The number of hydrogen-bond donors (Lipinski definition) is 2. The minimum absolute atomic E-state index is 0.0308. The van der Waals surface area contributed by atoms with E-state index in [9.17, 15) is 9.59 Å². The van der Waals surface area contributed by atoms with Gasteiger partial charge in [-0.2, -0.15) is 0 Å². The van der Waals surface area contributed by atoms with Crippen LogP contribution in [-0.2, 0) is 5.41 Å². The largest absolute Gasteiger partial charge is 0.465 e. The van der Waals surface area contributed by atoms with E-state index in [1.807, 2.05) is 43.3 Å². The summed E-state index contributed by atoms with van der Waals surface area (Å²) in [6.07, 6.45) is 4.89. The van der Waals surface area contributed by atoms with Crippen LogP contribution >= 0.6 is 0 Å². The molecule has 0 saturated carbocycles. The summed E-state index contributed by atoms with van der Waals surface area (Å²) >= 11 is 0. The number of aryl methyl sites for hydroxylation is 1. The molecule has 5 heteroatoms. The van der Waals surface area contributed by atoms with Gasteiger partial charge in [0.1, 0.15) is 11.5 Å². The van der Waals surface area contributed by atoms with Crippen molar-refractivity contribution >= 4 is 17.4 Å². The molecule has 1 aliphatic rings. The van der Waals surface area contributed by atoms with Crippen LogP contribution in [0, 0.1) is 17.8 Å². The van der Waals surface area contributed by atoms with Gasteiger partial charge in [0.15, 0.2) is 0 Å². The molecule has 35 heavy (non-hydrogen) atoms. The van der Waals surface area contributed by atoms with Crippen LogP contribution < -0.4 is 10.6 Å². The molecule has 0 bridgehead atoms. The van der Waals surface area contributed by atoms with Gasteiger partial charge in [-0.05, 0) is 59.6 Å². The normalized spacial score (nSPS) is 15.8. The van der Waals surface area contributed by atoms with Crippen LogP contribution in [-0.4, -0.2) is 18.4 Å². The third-order valence-electron chi connectivity index (χ3n) is 6.26.